The molecule has 26 heavy (non-hydrogen) atoms. The molecule has 1 heterocycles. The van der Waals surface area contributed by atoms with E-state index >= 15 is 0 Å². The summed E-state index contributed by atoms with van der Waals surface area (Å²) in [5.41, 5.74) is 1.85. The number of rotatable bonds is 7. The van der Waals surface area contributed by atoms with Crippen LogP contribution in [0, 0.1) is 5.92 Å². The Kier molecular flexibility index (Phi) is 7.13. The molecule has 1 aromatic carbocycles. The van der Waals surface area contributed by atoms with Gasteiger partial charge in [0.05, 0.1) is 13.1 Å². The number of aromatic nitrogens is 3. The Balaban J connectivity index is 1.93. The number of aryl methyl sites for hydroxylation is 1. The van der Waals surface area contributed by atoms with Crippen molar-refractivity contribution in [1.29, 1.82) is 0 Å². The highest BCUT2D eigenvalue weighted by molar-refractivity contribution is 5.92. The minimum absolute atomic E-state index is 0.0122. The quantitative estimate of drug-likeness (QED) is 0.517. The molecule has 0 radical (unpaired) electrons. The highest BCUT2D eigenvalue weighted by Crippen LogP contribution is 2.11. The molecule has 140 valence electrons. The van der Waals surface area contributed by atoms with Crippen molar-refractivity contribution < 1.29 is 4.79 Å². The molecule has 2 aromatic rings. The van der Waals surface area contributed by atoms with Gasteiger partial charge >= 0.3 is 0 Å². The predicted molar refractivity (Wildman–Crippen MR) is 103 cm³/mol. The van der Waals surface area contributed by atoms with Crippen LogP contribution in [-0.4, -0.2) is 33.2 Å². The fourth-order valence-electron chi connectivity index (χ4n) is 2.14. The van der Waals surface area contributed by atoms with Crippen molar-refractivity contribution in [2.75, 3.05) is 11.9 Å². The zero-order valence-corrected chi connectivity index (χ0v) is 15.8. The van der Waals surface area contributed by atoms with Gasteiger partial charge in [-0.2, -0.15) is 5.10 Å². The molecule has 2 rings (SSSR count). The van der Waals surface area contributed by atoms with E-state index in [4.69, 9.17) is 0 Å². The van der Waals surface area contributed by atoms with Gasteiger partial charge < -0.3 is 16.0 Å². The van der Waals surface area contributed by atoms with Crippen molar-refractivity contribution in [3.8, 4) is 0 Å². The van der Waals surface area contributed by atoms with E-state index in [2.05, 4.69) is 31.0 Å². The normalized spacial score (nSPS) is 11.5. The topological polar surface area (TPSA) is 96.2 Å². The third-order valence-electron chi connectivity index (χ3n) is 3.73. The monoisotopic (exact) mass is 357 g/mol. The predicted octanol–water partition coefficient (Wildman–Crippen LogP) is 1.66. The highest BCUT2D eigenvalue weighted by Gasteiger charge is 2.07. The van der Waals surface area contributed by atoms with Crippen molar-refractivity contribution >= 4 is 17.6 Å². The number of guanidine groups is 1. The minimum Gasteiger partial charge on any atom is -0.357 e. The van der Waals surface area contributed by atoms with Crippen LogP contribution < -0.4 is 16.0 Å². The number of benzene rings is 1. The Hall–Kier alpha value is -2.90. The molecular formula is C18H27N7O. The number of carbonyl (C=O) groups excluding carboxylic acids is 1. The largest absolute Gasteiger partial charge is 0.357 e. The Morgan fingerprint density at radius 2 is 1.96 bits per heavy atom. The van der Waals surface area contributed by atoms with Crippen LogP contribution in [-0.2, 0) is 24.9 Å². The summed E-state index contributed by atoms with van der Waals surface area (Å²) in [5, 5.41) is 13.4. The summed E-state index contributed by atoms with van der Waals surface area (Å²) in [7, 11) is 1.85. The number of anilines is 1. The number of hydrogen-bond acceptors (Lipinski definition) is 4. The number of nitrogens with one attached hydrogen (secondary N) is 3. The van der Waals surface area contributed by atoms with E-state index in [-0.39, 0.29) is 11.8 Å². The van der Waals surface area contributed by atoms with Gasteiger partial charge in [0.1, 0.15) is 12.2 Å². The molecule has 0 spiro atoms. The van der Waals surface area contributed by atoms with Gasteiger partial charge in [0.25, 0.3) is 0 Å². The summed E-state index contributed by atoms with van der Waals surface area (Å²) in [6, 6.07) is 7.72. The van der Waals surface area contributed by atoms with Crippen LogP contribution in [0.15, 0.2) is 35.6 Å². The van der Waals surface area contributed by atoms with E-state index in [1.165, 1.54) is 6.33 Å². The number of hydrogen-bond donors (Lipinski definition) is 3. The van der Waals surface area contributed by atoms with Crippen LogP contribution in [0.25, 0.3) is 0 Å². The van der Waals surface area contributed by atoms with E-state index < -0.39 is 0 Å². The second kappa shape index (κ2) is 9.55. The van der Waals surface area contributed by atoms with Gasteiger partial charge in [0, 0.05) is 25.2 Å². The second-order valence-corrected chi connectivity index (χ2v) is 6.19. The van der Waals surface area contributed by atoms with Gasteiger partial charge in [-0.05, 0) is 24.6 Å². The Morgan fingerprint density at radius 3 is 2.54 bits per heavy atom. The van der Waals surface area contributed by atoms with Crippen molar-refractivity contribution in [3.63, 3.8) is 0 Å². The van der Waals surface area contributed by atoms with E-state index in [0.29, 0.717) is 19.0 Å². The van der Waals surface area contributed by atoms with E-state index in [0.717, 1.165) is 23.6 Å². The maximum absolute atomic E-state index is 11.7. The second-order valence-electron chi connectivity index (χ2n) is 6.19. The van der Waals surface area contributed by atoms with Crippen LogP contribution in [0.3, 0.4) is 0 Å². The van der Waals surface area contributed by atoms with E-state index in [1.807, 2.05) is 52.1 Å². The van der Waals surface area contributed by atoms with Gasteiger partial charge in [0.2, 0.25) is 5.91 Å². The van der Waals surface area contributed by atoms with Gasteiger partial charge in [-0.25, -0.2) is 9.98 Å². The summed E-state index contributed by atoms with van der Waals surface area (Å²) in [6.07, 6.45) is 1.53. The highest BCUT2D eigenvalue weighted by atomic mass is 16.1. The average Bonchev–Trinajstić information content (AvgIpc) is 3.03. The number of nitrogens with zero attached hydrogens (tertiary/aromatic N) is 4. The van der Waals surface area contributed by atoms with Gasteiger partial charge in [-0.3, -0.25) is 9.48 Å². The lowest BCUT2D eigenvalue weighted by Crippen LogP contribution is -2.37. The summed E-state index contributed by atoms with van der Waals surface area (Å²) in [5.74, 6) is 1.52. The molecule has 3 N–H and O–H groups in total. The molecule has 0 fully saturated rings. The molecule has 8 heteroatoms. The molecule has 0 unspecified atom stereocenters. The van der Waals surface area contributed by atoms with E-state index in [9.17, 15) is 4.79 Å². The lowest BCUT2D eigenvalue weighted by Gasteiger charge is -2.11. The van der Waals surface area contributed by atoms with Gasteiger partial charge in [-0.15, -0.1) is 0 Å². The van der Waals surface area contributed by atoms with Crippen LogP contribution in [0.4, 0.5) is 5.69 Å². The van der Waals surface area contributed by atoms with E-state index in [1.54, 1.807) is 4.68 Å². The molecule has 0 aliphatic heterocycles. The molecule has 1 amide bonds. The molecule has 0 saturated carbocycles. The van der Waals surface area contributed by atoms with Crippen molar-refractivity contribution in [2.45, 2.75) is 33.9 Å². The fourth-order valence-corrected chi connectivity index (χ4v) is 2.14. The first-order chi connectivity index (χ1) is 12.5. The summed E-state index contributed by atoms with van der Waals surface area (Å²) >= 11 is 0. The third-order valence-corrected chi connectivity index (χ3v) is 3.73. The Labute approximate surface area is 154 Å². The first kappa shape index (κ1) is 19.4. The van der Waals surface area contributed by atoms with Crippen LogP contribution in [0.5, 0.6) is 0 Å². The van der Waals surface area contributed by atoms with Crippen LogP contribution in [0.2, 0.25) is 0 Å². The van der Waals surface area contributed by atoms with Crippen LogP contribution in [0.1, 0.15) is 32.2 Å². The summed E-state index contributed by atoms with van der Waals surface area (Å²) in [4.78, 5) is 20.5. The molecule has 8 nitrogen and oxygen atoms in total. The first-order valence-electron chi connectivity index (χ1n) is 8.74. The smallest absolute Gasteiger partial charge is 0.226 e. The Morgan fingerprint density at radius 1 is 1.23 bits per heavy atom. The van der Waals surface area contributed by atoms with Crippen LogP contribution >= 0.6 is 0 Å². The molecule has 0 aliphatic rings. The number of carbonyl (C=O) groups is 1. The molecule has 0 atom stereocenters. The first-order valence-corrected chi connectivity index (χ1v) is 8.74. The minimum atomic E-state index is -0.0399. The zero-order chi connectivity index (χ0) is 18.9. The standard InChI is InChI=1S/C18H27N7O/c1-5-19-18(21-11-16-22-12-23-25(16)4)20-10-14-6-8-15(9-7-14)24-17(26)13(2)3/h6-9,12-13H,5,10-11H2,1-4H3,(H,24,26)(H2,19,20,21). The van der Waals surface area contributed by atoms with Gasteiger partial charge in [-0.1, -0.05) is 26.0 Å². The lowest BCUT2D eigenvalue weighted by molar-refractivity contribution is -0.118. The maximum Gasteiger partial charge on any atom is 0.226 e. The van der Waals surface area contributed by atoms with Crippen molar-refractivity contribution in [1.82, 2.24) is 25.4 Å². The molecule has 0 aliphatic carbocycles. The molecule has 0 saturated heterocycles. The lowest BCUT2D eigenvalue weighted by atomic mass is 10.2. The zero-order valence-electron chi connectivity index (χ0n) is 15.8. The number of aliphatic imine (C=N–C) groups is 1. The van der Waals surface area contributed by atoms with Crippen molar-refractivity contribution in [3.05, 3.63) is 42.0 Å². The average molecular weight is 357 g/mol. The fraction of sp³-hybridized carbons (Fsp3) is 0.444. The summed E-state index contributed by atoms with van der Waals surface area (Å²) in [6.45, 7) is 7.61. The Bertz CT molecular complexity index is 734. The molecule has 0 bridgehead atoms. The third kappa shape index (κ3) is 5.87. The maximum atomic E-state index is 11.7. The molecule has 1 aromatic heterocycles. The van der Waals surface area contributed by atoms with Crippen molar-refractivity contribution in [2.24, 2.45) is 18.0 Å². The SMILES string of the molecule is CCNC(=NCc1ccc(NC(=O)C(C)C)cc1)NCc1ncnn1C. The van der Waals surface area contributed by atoms with Gasteiger partial charge in [0.15, 0.2) is 5.96 Å². The molecular weight excluding hydrogens is 330 g/mol. The summed E-state index contributed by atoms with van der Waals surface area (Å²) < 4.78 is 1.72. The number of amides is 1.